The average molecular weight is 393 g/mol. The maximum atomic E-state index is 12.9. The minimum atomic E-state index is -0.942. The van der Waals surface area contributed by atoms with Crippen molar-refractivity contribution in [2.45, 2.75) is 19.0 Å². The van der Waals surface area contributed by atoms with Gasteiger partial charge in [0.05, 0.1) is 18.5 Å². The van der Waals surface area contributed by atoms with Crippen LogP contribution in [0.15, 0.2) is 58.9 Å². The van der Waals surface area contributed by atoms with E-state index in [1.54, 1.807) is 36.4 Å². The van der Waals surface area contributed by atoms with Crippen molar-refractivity contribution in [1.82, 2.24) is 5.01 Å². The smallest absolute Gasteiger partial charge is 0.263 e. The van der Waals surface area contributed by atoms with E-state index in [-0.39, 0.29) is 6.54 Å². The van der Waals surface area contributed by atoms with Gasteiger partial charge in [-0.1, -0.05) is 35.1 Å². The van der Waals surface area contributed by atoms with E-state index in [1.165, 1.54) is 12.1 Å². The lowest BCUT2D eigenvalue weighted by Gasteiger charge is -2.20. The van der Waals surface area contributed by atoms with Crippen molar-refractivity contribution >= 4 is 29.1 Å². The van der Waals surface area contributed by atoms with E-state index in [0.717, 1.165) is 10.5 Å². The van der Waals surface area contributed by atoms with Gasteiger partial charge in [-0.25, -0.2) is 4.90 Å². The number of rotatable bonds is 5. The van der Waals surface area contributed by atoms with Crippen molar-refractivity contribution in [3.63, 3.8) is 0 Å². The van der Waals surface area contributed by atoms with Gasteiger partial charge in [0.15, 0.2) is 12.1 Å². The fourth-order valence-electron chi connectivity index (χ4n) is 3.39. The number of nitrogens with one attached hydrogen (secondary N) is 1. The van der Waals surface area contributed by atoms with Gasteiger partial charge < -0.3 is 10.1 Å². The van der Waals surface area contributed by atoms with Gasteiger partial charge in [-0.15, -0.1) is 0 Å². The first kappa shape index (κ1) is 18.6. The highest BCUT2D eigenvalue weighted by atomic mass is 16.5. The van der Waals surface area contributed by atoms with E-state index in [9.17, 15) is 14.4 Å². The predicted molar refractivity (Wildman–Crippen MR) is 104 cm³/mol. The predicted octanol–water partition coefficient (Wildman–Crippen LogP) is 1.94. The molecule has 2 aliphatic rings. The van der Waals surface area contributed by atoms with E-state index in [0.29, 0.717) is 17.1 Å². The number of carbonyl (C=O) groups is 3. The Morgan fingerprint density at radius 3 is 2.55 bits per heavy atom. The second-order valence-corrected chi connectivity index (χ2v) is 6.79. The zero-order chi connectivity index (χ0) is 20.5. The molecular formula is C20H19N5O4. The Kier molecular flexibility index (Phi) is 4.71. The van der Waals surface area contributed by atoms with Crippen LogP contribution in [0.25, 0.3) is 0 Å². The Morgan fingerprint density at radius 1 is 1.10 bits per heavy atom. The first-order chi connectivity index (χ1) is 14.0. The van der Waals surface area contributed by atoms with Gasteiger partial charge in [-0.2, -0.15) is 5.11 Å². The van der Waals surface area contributed by atoms with E-state index in [4.69, 9.17) is 4.74 Å². The Balaban J connectivity index is 1.49. The number of fused-ring (bicyclic) bond motifs is 1. The summed E-state index contributed by atoms with van der Waals surface area (Å²) in [5.74, 6) is -0.776. The van der Waals surface area contributed by atoms with Crippen LogP contribution in [0.3, 0.4) is 0 Å². The molecule has 0 bridgehead atoms. The normalized spacial score (nSPS) is 20.2. The van der Waals surface area contributed by atoms with Crippen molar-refractivity contribution < 1.29 is 19.1 Å². The molecule has 0 radical (unpaired) electrons. The molecule has 0 unspecified atom stereocenters. The van der Waals surface area contributed by atoms with E-state index < -0.39 is 29.8 Å². The summed E-state index contributed by atoms with van der Waals surface area (Å²) in [7, 11) is 1.51. The third-order valence-corrected chi connectivity index (χ3v) is 4.84. The second kappa shape index (κ2) is 7.34. The molecule has 2 aromatic rings. The van der Waals surface area contributed by atoms with Gasteiger partial charge in [0, 0.05) is 0 Å². The third-order valence-electron chi connectivity index (χ3n) is 4.84. The third kappa shape index (κ3) is 3.31. The zero-order valence-electron chi connectivity index (χ0n) is 15.9. The first-order valence-electron chi connectivity index (χ1n) is 9.04. The Bertz CT molecular complexity index is 1000. The molecule has 1 N–H and O–H groups in total. The van der Waals surface area contributed by atoms with Crippen LogP contribution in [0, 0.1) is 6.92 Å². The number of para-hydroxylation sites is 2. The van der Waals surface area contributed by atoms with Crippen LogP contribution in [0.2, 0.25) is 0 Å². The maximum Gasteiger partial charge on any atom is 0.263 e. The van der Waals surface area contributed by atoms with Crippen LogP contribution in [-0.4, -0.2) is 48.5 Å². The van der Waals surface area contributed by atoms with Crippen LogP contribution >= 0.6 is 0 Å². The first-order valence-corrected chi connectivity index (χ1v) is 9.04. The summed E-state index contributed by atoms with van der Waals surface area (Å²) in [5.41, 5.74) is 2.00. The quantitative estimate of drug-likeness (QED) is 0.782. The van der Waals surface area contributed by atoms with Crippen molar-refractivity contribution in [2.75, 3.05) is 23.9 Å². The summed E-state index contributed by atoms with van der Waals surface area (Å²) < 4.78 is 5.21. The molecular weight excluding hydrogens is 374 g/mol. The highest BCUT2D eigenvalue weighted by Crippen LogP contribution is 2.32. The lowest BCUT2D eigenvalue weighted by Crippen LogP contribution is -2.43. The fraction of sp³-hybridized carbons (Fsp3) is 0.250. The fourth-order valence-corrected chi connectivity index (χ4v) is 3.39. The van der Waals surface area contributed by atoms with Crippen LogP contribution < -0.4 is 15.0 Å². The maximum absolute atomic E-state index is 12.9. The summed E-state index contributed by atoms with van der Waals surface area (Å²) in [6, 6.07) is 12.2. The number of imide groups is 1. The molecule has 148 valence electrons. The summed E-state index contributed by atoms with van der Waals surface area (Å²) in [6.45, 7) is 1.70. The number of aryl methyl sites for hydroxylation is 1. The van der Waals surface area contributed by atoms with Gasteiger partial charge >= 0.3 is 0 Å². The highest BCUT2D eigenvalue weighted by Gasteiger charge is 2.55. The highest BCUT2D eigenvalue weighted by molar-refractivity contribution is 6.25. The minimum Gasteiger partial charge on any atom is -0.495 e. The average Bonchev–Trinajstić information content (AvgIpc) is 3.23. The molecule has 0 saturated carbocycles. The summed E-state index contributed by atoms with van der Waals surface area (Å²) in [4.78, 5) is 39.2. The molecule has 1 fully saturated rings. The van der Waals surface area contributed by atoms with Crippen molar-refractivity contribution in [1.29, 1.82) is 0 Å². The molecule has 2 aliphatic heterocycles. The Morgan fingerprint density at radius 2 is 1.83 bits per heavy atom. The lowest BCUT2D eigenvalue weighted by molar-refractivity contribution is -0.123. The molecule has 3 amide bonds. The molecule has 0 aromatic heterocycles. The number of amides is 3. The molecule has 29 heavy (non-hydrogen) atoms. The van der Waals surface area contributed by atoms with Crippen molar-refractivity contribution in [3.05, 3.63) is 54.1 Å². The molecule has 0 spiro atoms. The van der Waals surface area contributed by atoms with Crippen LogP contribution in [0.5, 0.6) is 5.75 Å². The Labute approximate surface area is 166 Å². The van der Waals surface area contributed by atoms with Gasteiger partial charge in [0.2, 0.25) is 5.91 Å². The number of anilines is 2. The summed E-state index contributed by atoms with van der Waals surface area (Å²) >= 11 is 0. The second-order valence-electron chi connectivity index (χ2n) is 6.79. The van der Waals surface area contributed by atoms with Crippen LogP contribution in [0.4, 0.5) is 11.4 Å². The number of hydrogen-bond donors (Lipinski definition) is 1. The van der Waals surface area contributed by atoms with Gasteiger partial charge in [-0.3, -0.25) is 19.4 Å². The van der Waals surface area contributed by atoms with Crippen molar-refractivity contribution in [3.8, 4) is 5.75 Å². The SMILES string of the molecule is COc1ccccc1NC(=O)CN1N=N[C@H]2C(=O)N(c3ccc(C)cc3)C(=O)[C@H]21. The minimum absolute atomic E-state index is 0.219. The molecule has 9 nitrogen and oxygen atoms in total. The summed E-state index contributed by atoms with van der Waals surface area (Å²) in [5, 5.41) is 11.8. The van der Waals surface area contributed by atoms with Gasteiger partial charge in [0.1, 0.15) is 12.3 Å². The van der Waals surface area contributed by atoms with E-state index in [1.807, 2.05) is 19.1 Å². The molecule has 2 heterocycles. The zero-order valence-corrected chi connectivity index (χ0v) is 15.9. The van der Waals surface area contributed by atoms with E-state index in [2.05, 4.69) is 15.7 Å². The van der Waals surface area contributed by atoms with Gasteiger partial charge in [-0.05, 0) is 31.2 Å². The van der Waals surface area contributed by atoms with Crippen LogP contribution in [-0.2, 0) is 14.4 Å². The van der Waals surface area contributed by atoms with E-state index >= 15 is 0 Å². The molecule has 1 saturated heterocycles. The van der Waals surface area contributed by atoms with Gasteiger partial charge in [0.25, 0.3) is 11.8 Å². The molecule has 9 heteroatoms. The lowest BCUT2D eigenvalue weighted by atomic mass is 10.1. The molecule has 4 rings (SSSR count). The number of benzene rings is 2. The monoisotopic (exact) mass is 393 g/mol. The molecule has 2 atom stereocenters. The van der Waals surface area contributed by atoms with Crippen molar-refractivity contribution in [2.24, 2.45) is 10.3 Å². The largest absolute Gasteiger partial charge is 0.495 e. The Hall–Kier alpha value is -3.75. The molecule has 0 aliphatic carbocycles. The number of carbonyl (C=O) groups excluding carboxylic acids is 3. The summed E-state index contributed by atoms with van der Waals surface area (Å²) in [6.07, 6.45) is 0. The van der Waals surface area contributed by atoms with Crippen LogP contribution in [0.1, 0.15) is 5.56 Å². The number of hydrogen-bond acceptors (Lipinski definition) is 7. The topological polar surface area (TPSA) is 104 Å². The number of methoxy groups -OCH3 is 1. The number of nitrogens with zero attached hydrogens (tertiary/aromatic N) is 4. The molecule has 2 aromatic carbocycles. The number of ether oxygens (including phenoxy) is 1. The standard InChI is InChI=1S/C20H19N5O4/c1-12-7-9-13(10-8-12)25-19(27)17-18(20(25)28)24(23-22-17)11-16(26)21-14-5-3-4-6-15(14)29-2/h3-10,17-18H,11H2,1-2H3,(H,21,26)/t17-,18+/m1/s1.